The van der Waals surface area contributed by atoms with Crippen LogP contribution >= 0.6 is 0 Å². The van der Waals surface area contributed by atoms with E-state index in [1.54, 1.807) is 7.11 Å². The van der Waals surface area contributed by atoms with E-state index in [0.29, 0.717) is 6.61 Å². The maximum Gasteiger partial charge on any atom is 0.161 e. The van der Waals surface area contributed by atoms with Crippen LogP contribution in [0, 0.1) is 20.8 Å². The van der Waals surface area contributed by atoms with Crippen LogP contribution in [0.25, 0.3) is 0 Å². The first-order valence-corrected chi connectivity index (χ1v) is 8.69. The van der Waals surface area contributed by atoms with Gasteiger partial charge in [-0.05, 0) is 74.1 Å². The summed E-state index contributed by atoms with van der Waals surface area (Å²) in [5.41, 5.74) is 8.03. The fourth-order valence-corrected chi connectivity index (χ4v) is 3.90. The Labute approximate surface area is 145 Å². The third-order valence-electron chi connectivity index (χ3n) is 4.81. The summed E-state index contributed by atoms with van der Waals surface area (Å²) in [4.78, 5) is 0. The zero-order valence-electron chi connectivity index (χ0n) is 15.3. The lowest BCUT2D eigenvalue weighted by Crippen LogP contribution is -2.31. The molecule has 3 rings (SSSR count). The molecule has 0 aromatic heterocycles. The van der Waals surface area contributed by atoms with Gasteiger partial charge in [-0.1, -0.05) is 17.7 Å². The number of fused-ring (bicyclic) bond motifs is 1. The molecule has 128 valence electrons. The minimum atomic E-state index is 0.208. The highest BCUT2D eigenvalue weighted by molar-refractivity contribution is 5.53. The normalized spacial score (nSPS) is 16.6. The van der Waals surface area contributed by atoms with Crippen LogP contribution in [-0.2, 0) is 6.42 Å². The lowest BCUT2D eigenvalue weighted by atomic mass is 9.85. The van der Waals surface area contributed by atoms with Gasteiger partial charge in [-0.3, -0.25) is 0 Å². The van der Waals surface area contributed by atoms with Gasteiger partial charge in [-0.2, -0.15) is 0 Å². The molecular formula is C21H27NO2. The molecule has 3 nitrogen and oxygen atoms in total. The molecule has 0 saturated heterocycles. The molecule has 0 amide bonds. The molecule has 1 unspecified atom stereocenters. The van der Waals surface area contributed by atoms with E-state index < -0.39 is 0 Å². The highest BCUT2D eigenvalue weighted by atomic mass is 16.5. The van der Waals surface area contributed by atoms with Gasteiger partial charge in [0.25, 0.3) is 0 Å². The van der Waals surface area contributed by atoms with Crippen LogP contribution < -0.4 is 14.8 Å². The van der Waals surface area contributed by atoms with E-state index in [1.807, 2.05) is 6.92 Å². The summed E-state index contributed by atoms with van der Waals surface area (Å²) in [6.07, 6.45) is 1.01. The lowest BCUT2D eigenvalue weighted by molar-refractivity contribution is 0.309. The first kappa shape index (κ1) is 16.8. The maximum atomic E-state index is 5.80. The van der Waals surface area contributed by atoms with Crippen molar-refractivity contribution in [3.8, 4) is 11.5 Å². The van der Waals surface area contributed by atoms with Crippen molar-refractivity contribution >= 4 is 0 Å². The number of methoxy groups -OCH3 is 1. The maximum absolute atomic E-state index is 5.80. The van der Waals surface area contributed by atoms with E-state index in [-0.39, 0.29) is 6.04 Å². The van der Waals surface area contributed by atoms with Gasteiger partial charge >= 0.3 is 0 Å². The second-order valence-electron chi connectivity index (χ2n) is 6.58. The highest BCUT2D eigenvalue weighted by Gasteiger charge is 2.26. The standard InChI is InChI=1S/C21H27NO2/c1-6-24-19-12-17-16(11-18(19)23-5)7-8-22-21(17)20-14(3)9-13(2)10-15(20)4/h9-12,21-22H,6-8H2,1-5H3. The minimum absolute atomic E-state index is 0.208. The lowest BCUT2D eigenvalue weighted by Gasteiger charge is -2.31. The van der Waals surface area contributed by atoms with Gasteiger partial charge in [-0.25, -0.2) is 0 Å². The van der Waals surface area contributed by atoms with Crippen LogP contribution in [0.2, 0.25) is 0 Å². The van der Waals surface area contributed by atoms with Crippen LogP contribution in [0.4, 0.5) is 0 Å². The first-order valence-electron chi connectivity index (χ1n) is 8.69. The fraction of sp³-hybridized carbons (Fsp3) is 0.429. The number of aryl methyl sites for hydroxylation is 3. The molecule has 1 N–H and O–H groups in total. The molecule has 1 aliphatic heterocycles. The molecule has 1 aliphatic rings. The van der Waals surface area contributed by atoms with Crippen LogP contribution in [0.1, 0.15) is 46.3 Å². The summed E-state index contributed by atoms with van der Waals surface area (Å²) in [6.45, 7) is 10.2. The molecule has 0 fully saturated rings. The van der Waals surface area contributed by atoms with Crippen molar-refractivity contribution in [1.82, 2.24) is 5.32 Å². The molecule has 0 saturated carbocycles. The molecule has 0 bridgehead atoms. The number of nitrogens with one attached hydrogen (secondary N) is 1. The van der Waals surface area contributed by atoms with E-state index in [0.717, 1.165) is 24.5 Å². The zero-order valence-corrected chi connectivity index (χ0v) is 15.3. The predicted octanol–water partition coefficient (Wildman–Crippen LogP) is 4.25. The number of benzene rings is 2. The van der Waals surface area contributed by atoms with E-state index in [2.05, 4.69) is 50.4 Å². The summed E-state index contributed by atoms with van der Waals surface area (Å²) < 4.78 is 11.3. The van der Waals surface area contributed by atoms with E-state index in [9.17, 15) is 0 Å². The number of hydrogen-bond acceptors (Lipinski definition) is 3. The Morgan fingerprint density at radius 1 is 1.04 bits per heavy atom. The van der Waals surface area contributed by atoms with Gasteiger partial charge in [0.2, 0.25) is 0 Å². The Kier molecular flexibility index (Phi) is 4.81. The summed E-state index contributed by atoms with van der Waals surface area (Å²) in [6, 6.07) is 9.05. The van der Waals surface area contributed by atoms with Crippen molar-refractivity contribution in [2.24, 2.45) is 0 Å². The Morgan fingerprint density at radius 2 is 1.75 bits per heavy atom. The van der Waals surface area contributed by atoms with Gasteiger partial charge in [-0.15, -0.1) is 0 Å². The Hall–Kier alpha value is -2.00. The van der Waals surface area contributed by atoms with Crippen LogP contribution in [0.3, 0.4) is 0 Å². The largest absolute Gasteiger partial charge is 0.493 e. The molecular weight excluding hydrogens is 298 g/mol. The Balaban J connectivity index is 2.13. The van der Waals surface area contributed by atoms with Crippen molar-refractivity contribution in [2.75, 3.05) is 20.3 Å². The molecule has 1 heterocycles. The van der Waals surface area contributed by atoms with Crippen molar-refractivity contribution in [3.63, 3.8) is 0 Å². The van der Waals surface area contributed by atoms with Crippen LogP contribution in [-0.4, -0.2) is 20.3 Å². The number of ether oxygens (including phenoxy) is 2. The van der Waals surface area contributed by atoms with Crippen LogP contribution in [0.15, 0.2) is 24.3 Å². The fourth-order valence-electron chi connectivity index (χ4n) is 3.90. The predicted molar refractivity (Wildman–Crippen MR) is 98.4 cm³/mol. The van der Waals surface area contributed by atoms with Crippen molar-refractivity contribution < 1.29 is 9.47 Å². The first-order chi connectivity index (χ1) is 11.5. The molecule has 1 atom stereocenters. The molecule has 2 aromatic rings. The van der Waals surface area contributed by atoms with Gasteiger partial charge in [0.05, 0.1) is 19.8 Å². The quantitative estimate of drug-likeness (QED) is 0.911. The van der Waals surface area contributed by atoms with Crippen molar-refractivity contribution in [2.45, 2.75) is 40.2 Å². The third-order valence-corrected chi connectivity index (χ3v) is 4.81. The Morgan fingerprint density at radius 3 is 2.38 bits per heavy atom. The molecule has 0 radical (unpaired) electrons. The van der Waals surface area contributed by atoms with Gasteiger partial charge in [0.1, 0.15) is 0 Å². The minimum Gasteiger partial charge on any atom is -0.493 e. The molecule has 0 aliphatic carbocycles. The zero-order chi connectivity index (χ0) is 17.3. The smallest absolute Gasteiger partial charge is 0.161 e. The van der Waals surface area contributed by atoms with Crippen molar-refractivity contribution in [3.05, 3.63) is 57.6 Å². The molecule has 0 spiro atoms. The van der Waals surface area contributed by atoms with Gasteiger partial charge in [0.15, 0.2) is 11.5 Å². The Bertz CT molecular complexity index is 729. The molecule has 2 aromatic carbocycles. The average molecular weight is 325 g/mol. The summed E-state index contributed by atoms with van der Waals surface area (Å²) in [5, 5.41) is 3.70. The SMILES string of the molecule is CCOc1cc2c(cc1OC)CCNC2c1c(C)cc(C)cc1C. The summed E-state index contributed by atoms with van der Waals surface area (Å²) in [7, 11) is 1.71. The van der Waals surface area contributed by atoms with Gasteiger partial charge < -0.3 is 14.8 Å². The highest BCUT2D eigenvalue weighted by Crippen LogP contribution is 2.39. The second-order valence-corrected chi connectivity index (χ2v) is 6.58. The number of rotatable bonds is 4. The van der Waals surface area contributed by atoms with E-state index in [4.69, 9.17) is 9.47 Å². The summed E-state index contributed by atoms with van der Waals surface area (Å²) in [5.74, 6) is 1.66. The monoisotopic (exact) mass is 325 g/mol. The third kappa shape index (κ3) is 3.01. The summed E-state index contributed by atoms with van der Waals surface area (Å²) >= 11 is 0. The molecule has 3 heteroatoms. The van der Waals surface area contributed by atoms with Crippen LogP contribution in [0.5, 0.6) is 11.5 Å². The molecule has 24 heavy (non-hydrogen) atoms. The topological polar surface area (TPSA) is 30.5 Å². The average Bonchev–Trinajstić information content (AvgIpc) is 2.54. The van der Waals surface area contributed by atoms with E-state index >= 15 is 0 Å². The number of hydrogen-bond donors (Lipinski definition) is 1. The van der Waals surface area contributed by atoms with Crippen molar-refractivity contribution in [1.29, 1.82) is 0 Å². The van der Waals surface area contributed by atoms with E-state index in [1.165, 1.54) is 33.4 Å². The second kappa shape index (κ2) is 6.86. The van der Waals surface area contributed by atoms with Gasteiger partial charge in [0, 0.05) is 6.54 Å².